The van der Waals surface area contributed by atoms with E-state index in [1.165, 1.54) is 0 Å². The average molecular weight is 210 g/mol. The van der Waals surface area contributed by atoms with Crippen molar-refractivity contribution in [2.24, 2.45) is 5.92 Å². The normalized spacial score (nSPS) is 22.8. The largest absolute Gasteiger partial charge is 0.379 e. The molecule has 2 unspecified atom stereocenters. The lowest BCUT2D eigenvalue weighted by molar-refractivity contribution is -0.125. The van der Waals surface area contributed by atoms with Crippen LogP contribution in [0.15, 0.2) is 0 Å². The highest BCUT2D eigenvalue weighted by Gasteiger charge is 2.21. The van der Waals surface area contributed by atoms with Gasteiger partial charge in [0.05, 0.1) is 18.7 Å². The van der Waals surface area contributed by atoms with Gasteiger partial charge in [-0.25, -0.2) is 0 Å². The van der Waals surface area contributed by atoms with E-state index in [4.69, 9.17) is 10.00 Å². The smallest absolute Gasteiger partial charge is 0.237 e. The molecule has 1 rings (SSSR count). The number of rotatable bonds is 4. The molecule has 4 heteroatoms. The molecule has 0 saturated carbocycles. The molecule has 0 bridgehead atoms. The molecule has 0 aromatic rings. The molecule has 0 aromatic carbocycles. The summed E-state index contributed by atoms with van der Waals surface area (Å²) < 4.78 is 5.26. The summed E-state index contributed by atoms with van der Waals surface area (Å²) in [6, 6.07) is 2.14. The second-order valence-corrected chi connectivity index (χ2v) is 3.89. The minimum absolute atomic E-state index is 0.0963. The highest BCUT2D eigenvalue weighted by Crippen LogP contribution is 2.09. The van der Waals surface area contributed by atoms with Gasteiger partial charge in [-0.3, -0.25) is 4.79 Å². The minimum atomic E-state index is -0.503. The maximum Gasteiger partial charge on any atom is 0.237 e. The van der Waals surface area contributed by atoms with E-state index in [1.54, 1.807) is 0 Å². The molecule has 84 valence electrons. The Kier molecular flexibility index (Phi) is 5.13. The van der Waals surface area contributed by atoms with Crippen LogP contribution in [0.1, 0.15) is 32.6 Å². The summed E-state index contributed by atoms with van der Waals surface area (Å²) >= 11 is 0. The van der Waals surface area contributed by atoms with Gasteiger partial charge >= 0.3 is 0 Å². The second-order valence-electron chi connectivity index (χ2n) is 3.89. The Labute approximate surface area is 90.6 Å². The van der Waals surface area contributed by atoms with Gasteiger partial charge in [-0.1, -0.05) is 13.3 Å². The monoisotopic (exact) mass is 210 g/mol. The van der Waals surface area contributed by atoms with Gasteiger partial charge in [0.1, 0.15) is 5.92 Å². The summed E-state index contributed by atoms with van der Waals surface area (Å²) in [5.41, 5.74) is 0. The zero-order valence-corrected chi connectivity index (χ0v) is 9.16. The zero-order chi connectivity index (χ0) is 11.1. The molecule has 1 aliphatic rings. The molecule has 1 saturated heterocycles. The van der Waals surface area contributed by atoms with Crippen LogP contribution in [-0.2, 0) is 9.53 Å². The van der Waals surface area contributed by atoms with Gasteiger partial charge in [0.25, 0.3) is 0 Å². The van der Waals surface area contributed by atoms with Crippen molar-refractivity contribution in [3.63, 3.8) is 0 Å². The molecule has 15 heavy (non-hydrogen) atoms. The third-order valence-electron chi connectivity index (χ3n) is 2.56. The van der Waals surface area contributed by atoms with Crippen molar-refractivity contribution < 1.29 is 9.53 Å². The predicted octanol–water partition coefficient (Wildman–Crippen LogP) is 1.22. The van der Waals surface area contributed by atoms with Crippen molar-refractivity contribution in [3.8, 4) is 6.07 Å². The third-order valence-corrected chi connectivity index (χ3v) is 2.56. The van der Waals surface area contributed by atoms with Crippen molar-refractivity contribution in [3.05, 3.63) is 0 Å². The molecule has 0 spiro atoms. The first-order valence-electron chi connectivity index (χ1n) is 5.55. The maximum atomic E-state index is 11.6. The third kappa shape index (κ3) is 3.88. The van der Waals surface area contributed by atoms with Crippen LogP contribution in [0, 0.1) is 17.2 Å². The first-order chi connectivity index (χ1) is 7.27. The van der Waals surface area contributed by atoms with Gasteiger partial charge in [0, 0.05) is 6.61 Å². The van der Waals surface area contributed by atoms with Crippen molar-refractivity contribution >= 4 is 5.91 Å². The van der Waals surface area contributed by atoms with E-state index in [9.17, 15) is 4.79 Å². The molecule has 0 radical (unpaired) electrons. The van der Waals surface area contributed by atoms with Crippen molar-refractivity contribution in [1.82, 2.24) is 5.32 Å². The van der Waals surface area contributed by atoms with E-state index in [0.717, 1.165) is 25.9 Å². The molecule has 0 aromatic heterocycles. The minimum Gasteiger partial charge on any atom is -0.379 e. The highest BCUT2D eigenvalue weighted by atomic mass is 16.5. The van der Waals surface area contributed by atoms with Crippen LogP contribution >= 0.6 is 0 Å². The molecule has 1 aliphatic heterocycles. The number of nitriles is 1. The van der Waals surface area contributed by atoms with Crippen molar-refractivity contribution in [2.75, 3.05) is 13.2 Å². The number of nitrogens with one attached hydrogen (secondary N) is 1. The predicted molar refractivity (Wildman–Crippen MR) is 56.0 cm³/mol. The lowest BCUT2D eigenvalue weighted by Gasteiger charge is -2.24. The van der Waals surface area contributed by atoms with E-state index < -0.39 is 5.92 Å². The lowest BCUT2D eigenvalue weighted by atomic mass is 10.0. The fourth-order valence-corrected chi connectivity index (χ4v) is 1.70. The second kappa shape index (κ2) is 6.41. The van der Waals surface area contributed by atoms with Crippen LogP contribution < -0.4 is 5.32 Å². The van der Waals surface area contributed by atoms with E-state index >= 15 is 0 Å². The SMILES string of the molecule is CCCC(C#N)C(=O)NC1CCCOC1. The summed E-state index contributed by atoms with van der Waals surface area (Å²) in [6.07, 6.45) is 3.43. The van der Waals surface area contributed by atoms with E-state index in [1.807, 2.05) is 13.0 Å². The Morgan fingerprint density at radius 1 is 1.73 bits per heavy atom. The number of hydrogen-bond acceptors (Lipinski definition) is 3. The van der Waals surface area contributed by atoms with Crippen LogP contribution in [0.3, 0.4) is 0 Å². The highest BCUT2D eigenvalue weighted by molar-refractivity contribution is 5.81. The number of carbonyl (C=O) groups is 1. The van der Waals surface area contributed by atoms with E-state index in [0.29, 0.717) is 13.0 Å². The summed E-state index contributed by atoms with van der Waals surface area (Å²) in [6.45, 7) is 3.33. The molecule has 0 aliphatic carbocycles. The van der Waals surface area contributed by atoms with E-state index in [2.05, 4.69) is 5.32 Å². The zero-order valence-electron chi connectivity index (χ0n) is 9.16. The molecule has 1 amide bonds. The molecule has 1 heterocycles. The number of carbonyl (C=O) groups excluding carboxylic acids is 1. The fourth-order valence-electron chi connectivity index (χ4n) is 1.70. The summed E-state index contributed by atoms with van der Waals surface area (Å²) in [7, 11) is 0. The van der Waals surface area contributed by atoms with Gasteiger partial charge in [0.2, 0.25) is 5.91 Å². The molecule has 4 nitrogen and oxygen atoms in total. The Bertz CT molecular complexity index is 241. The topological polar surface area (TPSA) is 62.1 Å². The van der Waals surface area contributed by atoms with Crippen LogP contribution in [0.2, 0.25) is 0 Å². The number of ether oxygens (including phenoxy) is 1. The van der Waals surface area contributed by atoms with Gasteiger partial charge in [-0.2, -0.15) is 5.26 Å². The molecular weight excluding hydrogens is 192 g/mol. The molecular formula is C11H18N2O2. The maximum absolute atomic E-state index is 11.6. The Hall–Kier alpha value is -1.08. The van der Waals surface area contributed by atoms with Crippen LogP contribution in [0.25, 0.3) is 0 Å². The fraction of sp³-hybridized carbons (Fsp3) is 0.818. The Balaban J connectivity index is 2.35. The molecule has 1 N–H and O–H groups in total. The summed E-state index contributed by atoms with van der Waals surface area (Å²) in [5, 5.41) is 11.7. The van der Waals surface area contributed by atoms with Crippen LogP contribution in [-0.4, -0.2) is 25.2 Å². The van der Waals surface area contributed by atoms with Gasteiger partial charge in [-0.15, -0.1) is 0 Å². The van der Waals surface area contributed by atoms with Gasteiger partial charge in [0.15, 0.2) is 0 Å². The number of hydrogen-bond donors (Lipinski definition) is 1. The lowest BCUT2D eigenvalue weighted by Crippen LogP contribution is -2.43. The van der Waals surface area contributed by atoms with Gasteiger partial charge < -0.3 is 10.1 Å². The standard InChI is InChI=1S/C11H18N2O2/c1-2-4-9(7-12)11(14)13-10-5-3-6-15-8-10/h9-10H,2-6,8H2,1H3,(H,13,14). The Morgan fingerprint density at radius 2 is 2.53 bits per heavy atom. The van der Waals surface area contributed by atoms with E-state index in [-0.39, 0.29) is 11.9 Å². The molecule has 2 atom stereocenters. The Morgan fingerprint density at radius 3 is 3.07 bits per heavy atom. The first kappa shape index (κ1) is 12.0. The summed E-state index contributed by atoms with van der Waals surface area (Å²) in [4.78, 5) is 11.6. The van der Waals surface area contributed by atoms with Crippen molar-refractivity contribution in [2.45, 2.75) is 38.6 Å². The van der Waals surface area contributed by atoms with Gasteiger partial charge in [-0.05, 0) is 19.3 Å². The first-order valence-corrected chi connectivity index (χ1v) is 5.55. The number of amides is 1. The quantitative estimate of drug-likeness (QED) is 0.759. The van der Waals surface area contributed by atoms with Crippen molar-refractivity contribution in [1.29, 1.82) is 5.26 Å². The molecule has 1 fully saturated rings. The number of nitrogens with zero attached hydrogens (tertiary/aromatic N) is 1. The average Bonchev–Trinajstić information content (AvgIpc) is 2.27. The summed E-state index contributed by atoms with van der Waals surface area (Å²) in [5.74, 6) is -0.647. The van der Waals surface area contributed by atoms with Crippen LogP contribution in [0.5, 0.6) is 0 Å². The van der Waals surface area contributed by atoms with Crippen LogP contribution in [0.4, 0.5) is 0 Å².